The van der Waals surface area contributed by atoms with Crippen molar-refractivity contribution in [2.45, 2.75) is 20.3 Å². The van der Waals surface area contributed by atoms with Crippen LogP contribution >= 0.6 is 0 Å². The lowest BCUT2D eigenvalue weighted by atomic mass is 10.2. The Labute approximate surface area is 113 Å². The van der Waals surface area contributed by atoms with Gasteiger partial charge in [-0.1, -0.05) is 13.0 Å². The smallest absolute Gasteiger partial charge is 0.262 e. The van der Waals surface area contributed by atoms with Crippen molar-refractivity contribution in [2.75, 3.05) is 12.3 Å². The number of hydrogen-bond donors (Lipinski definition) is 1. The molecule has 0 atom stereocenters. The molecular formula is C15H18N2O2. The molecule has 0 spiro atoms. The van der Waals surface area contributed by atoms with Crippen LogP contribution in [0, 0.1) is 6.92 Å². The van der Waals surface area contributed by atoms with Crippen LogP contribution in [0.3, 0.4) is 0 Å². The van der Waals surface area contributed by atoms with Crippen molar-refractivity contribution in [3.63, 3.8) is 0 Å². The molecule has 0 aliphatic carbocycles. The van der Waals surface area contributed by atoms with Crippen molar-refractivity contribution < 1.29 is 9.47 Å². The normalized spacial score (nSPS) is 10.2. The van der Waals surface area contributed by atoms with Gasteiger partial charge in [0.25, 0.3) is 5.88 Å². The van der Waals surface area contributed by atoms with Crippen LogP contribution < -0.4 is 15.2 Å². The number of aromatic nitrogens is 1. The second-order valence-electron chi connectivity index (χ2n) is 4.23. The highest BCUT2D eigenvalue weighted by atomic mass is 16.5. The Morgan fingerprint density at radius 1 is 1.16 bits per heavy atom. The van der Waals surface area contributed by atoms with Gasteiger partial charge in [-0.05, 0) is 37.6 Å². The Bertz CT molecular complexity index is 556. The van der Waals surface area contributed by atoms with Gasteiger partial charge in [0.05, 0.1) is 6.61 Å². The number of anilines is 1. The van der Waals surface area contributed by atoms with Crippen molar-refractivity contribution in [1.29, 1.82) is 0 Å². The fourth-order valence-corrected chi connectivity index (χ4v) is 1.62. The van der Waals surface area contributed by atoms with E-state index >= 15 is 0 Å². The number of ether oxygens (including phenoxy) is 2. The van der Waals surface area contributed by atoms with Crippen LogP contribution in [0.25, 0.3) is 0 Å². The first-order valence-corrected chi connectivity index (χ1v) is 6.33. The van der Waals surface area contributed by atoms with Crippen LogP contribution in [0.5, 0.6) is 17.4 Å². The van der Waals surface area contributed by atoms with E-state index in [4.69, 9.17) is 15.2 Å². The molecule has 4 nitrogen and oxygen atoms in total. The van der Waals surface area contributed by atoms with E-state index in [0.717, 1.165) is 12.0 Å². The summed E-state index contributed by atoms with van der Waals surface area (Å²) in [7, 11) is 0. The number of rotatable bonds is 5. The number of hydrogen-bond acceptors (Lipinski definition) is 4. The molecule has 4 heteroatoms. The van der Waals surface area contributed by atoms with Crippen molar-refractivity contribution in [2.24, 2.45) is 0 Å². The van der Waals surface area contributed by atoms with Gasteiger partial charge in [-0.3, -0.25) is 0 Å². The fourth-order valence-electron chi connectivity index (χ4n) is 1.62. The molecule has 0 saturated heterocycles. The lowest BCUT2D eigenvalue weighted by Gasteiger charge is -2.12. The van der Waals surface area contributed by atoms with E-state index in [0.29, 0.717) is 29.7 Å². The van der Waals surface area contributed by atoms with Crippen LogP contribution in [-0.4, -0.2) is 11.6 Å². The van der Waals surface area contributed by atoms with Crippen LogP contribution in [0.15, 0.2) is 36.5 Å². The average Bonchev–Trinajstić information content (AvgIpc) is 2.43. The van der Waals surface area contributed by atoms with Crippen LogP contribution in [0.4, 0.5) is 5.69 Å². The molecule has 100 valence electrons. The second-order valence-corrected chi connectivity index (χ2v) is 4.23. The zero-order chi connectivity index (χ0) is 13.7. The Balaban J connectivity index is 2.25. The summed E-state index contributed by atoms with van der Waals surface area (Å²) in [6.45, 7) is 4.61. The van der Waals surface area contributed by atoms with Gasteiger partial charge >= 0.3 is 0 Å². The maximum Gasteiger partial charge on any atom is 0.262 e. The van der Waals surface area contributed by atoms with Crippen molar-refractivity contribution in [3.8, 4) is 17.4 Å². The third kappa shape index (κ3) is 3.16. The molecule has 0 amide bonds. The Hall–Kier alpha value is -2.23. The summed E-state index contributed by atoms with van der Waals surface area (Å²) in [4.78, 5) is 4.21. The molecule has 0 aliphatic heterocycles. The van der Waals surface area contributed by atoms with Crippen molar-refractivity contribution in [3.05, 3.63) is 42.1 Å². The molecule has 1 aromatic carbocycles. The Kier molecular flexibility index (Phi) is 4.23. The molecule has 0 radical (unpaired) electrons. The molecule has 19 heavy (non-hydrogen) atoms. The maximum absolute atomic E-state index is 5.86. The molecule has 2 aromatic rings. The van der Waals surface area contributed by atoms with Crippen molar-refractivity contribution in [1.82, 2.24) is 4.98 Å². The fraction of sp³-hybridized carbons (Fsp3) is 0.267. The highest BCUT2D eigenvalue weighted by molar-refractivity contribution is 5.54. The van der Waals surface area contributed by atoms with E-state index in [1.807, 2.05) is 37.3 Å². The van der Waals surface area contributed by atoms with Crippen molar-refractivity contribution >= 4 is 5.69 Å². The minimum absolute atomic E-state index is 0.463. The van der Waals surface area contributed by atoms with E-state index in [9.17, 15) is 0 Å². The van der Waals surface area contributed by atoms with Crippen LogP contribution in [0.1, 0.15) is 18.9 Å². The number of nitrogens with two attached hydrogens (primary N) is 1. The van der Waals surface area contributed by atoms with Gasteiger partial charge in [0.15, 0.2) is 5.75 Å². The first-order chi connectivity index (χ1) is 9.22. The zero-order valence-corrected chi connectivity index (χ0v) is 11.2. The molecule has 1 aromatic heterocycles. The molecule has 0 aliphatic rings. The predicted molar refractivity (Wildman–Crippen MR) is 75.7 cm³/mol. The lowest BCUT2D eigenvalue weighted by Crippen LogP contribution is -2.00. The molecule has 0 fully saturated rings. The summed E-state index contributed by atoms with van der Waals surface area (Å²) < 4.78 is 11.4. The average molecular weight is 258 g/mol. The largest absolute Gasteiger partial charge is 0.488 e. The van der Waals surface area contributed by atoms with E-state index in [1.54, 1.807) is 6.20 Å². The monoisotopic (exact) mass is 258 g/mol. The van der Waals surface area contributed by atoms with Gasteiger partial charge in [0.2, 0.25) is 0 Å². The zero-order valence-electron chi connectivity index (χ0n) is 11.2. The molecule has 1 heterocycles. The molecule has 0 bridgehead atoms. The molecule has 0 unspecified atom stereocenters. The van der Waals surface area contributed by atoms with E-state index in [1.165, 1.54) is 0 Å². The molecular weight excluding hydrogens is 240 g/mol. The summed E-state index contributed by atoms with van der Waals surface area (Å²) in [6.07, 6.45) is 2.61. The Morgan fingerprint density at radius 3 is 2.74 bits per heavy atom. The van der Waals surface area contributed by atoms with Gasteiger partial charge < -0.3 is 15.2 Å². The van der Waals surface area contributed by atoms with E-state index in [2.05, 4.69) is 11.9 Å². The number of pyridine rings is 1. The maximum atomic E-state index is 5.86. The van der Waals surface area contributed by atoms with Gasteiger partial charge in [-0.2, -0.15) is 0 Å². The quantitative estimate of drug-likeness (QED) is 0.833. The first kappa shape index (κ1) is 13.2. The first-order valence-electron chi connectivity index (χ1n) is 6.33. The topological polar surface area (TPSA) is 57.4 Å². The highest BCUT2D eigenvalue weighted by Gasteiger charge is 2.09. The second kappa shape index (κ2) is 6.09. The summed E-state index contributed by atoms with van der Waals surface area (Å²) >= 11 is 0. The van der Waals surface area contributed by atoms with E-state index in [-0.39, 0.29) is 0 Å². The minimum atomic E-state index is 0.463. The predicted octanol–water partition coefficient (Wildman–Crippen LogP) is 3.55. The summed E-state index contributed by atoms with van der Waals surface area (Å²) in [5, 5.41) is 0. The molecule has 2 rings (SSSR count). The molecule has 0 saturated carbocycles. The van der Waals surface area contributed by atoms with Gasteiger partial charge in [-0.15, -0.1) is 0 Å². The van der Waals surface area contributed by atoms with Gasteiger partial charge in [-0.25, -0.2) is 4.98 Å². The van der Waals surface area contributed by atoms with Gasteiger partial charge in [0.1, 0.15) is 5.75 Å². The summed E-state index contributed by atoms with van der Waals surface area (Å²) in [6, 6.07) is 9.23. The number of benzene rings is 1. The number of nitrogen functional groups attached to an aromatic ring is 1. The summed E-state index contributed by atoms with van der Waals surface area (Å²) in [5.41, 5.74) is 7.46. The SMILES string of the molecule is CCCOc1cccnc1Oc1cccc(N)c1C. The third-order valence-corrected chi connectivity index (χ3v) is 2.73. The minimum Gasteiger partial charge on any atom is -0.488 e. The van der Waals surface area contributed by atoms with E-state index < -0.39 is 0 Å². The Morgan fingerprint density at radius 2 is 1.95 bits per heavy atom. The van der Waals surface area contributed by atoms with Crippen LogP contribution in [-0.2, 0) is 0 Å². The lowest BCUT2D eigenvalue weighted by molar-refractivity contribution is 0.298. The summed E-state index contributed by atoms with van der Waals surface area (Å²) in [5.74, 6) is 1.80. The highest BCUT2D eigenvalue weighted by Crippen LogP contribution is 2.32. The molecule has 2 N–H and O–H groups in total. The van der Waals surface area contributed by atoms with Gasteiger partial charge in [0, 0.05) is 17.4 Å². The standard InChI is InChI=1S/C15H18N2O2/c1-3-10-18-14-8-5-9-17-15(14)19-13-7-4-6-12(16)11(13)2/h4-9H,3,10,16H2,1-2H3. The van der Waals surface area contributed by atoms with Crippen LogP contribution in [0.2, 0.25) is 0 Å². The number of nitrogens with zero attached hydrogens (tertiary/aromatic N) is 1. The third-order valence-electron chi connectivity index (χ3n) is 2.73.